The topological polar surface area (TPSA) is 70.9 Å². The van der Waals surface area contributed by atoms with Crippen molar-refractivity contribution in [3.8, 4) is 17.6 Å². The van der Waals surface area contributed by atoms with Crippen molar-refractivity contribution in [3.63, 3.8) is 0 Å². The number of allylic oxidation sites excluding steroid dienone is 1. The number of methoxy groups -OCH3 is 1. The van der Waals surface area contributed by atoms with Crippen molar-refractivity contribution in [1.29, 1.82) is 0 Å². The van der Waals surface area contributed by atoms with Crippen molar-refractivity contribution in [2.24, 2.45) is 0 Å². The molecule has 3 N–H and O–H groups in total. The summed E-state index contributed by atoms with van der Waals surface area (Å²) in [7, 11) is 1.68. The first-order valence-corrected chi connectivity index (χ1v) is 15.3. The summed E-state index contributed by atoms with van der Waals surface area (Å²) >= 11 is 1.69. The predicted molar refractivity (Wildman–Crippen MR) is 170 cm³/mol. The quantitative estimate of drug-likeness (QED) is 0.134. The third-order valence-electron chi connectivity index (χ3n) is 6.59. The van der Waals surface area contributed by atoms with Crippen LogP contribution in [0.3, 0.4) is 0 Å². The fraction of sp³-hybridized carbons (Fsp3) is 0.500. The number of aryl methyl sites for hydroxylation is 1. The summed E-state index contributed by atoms with van der Waals surface area (Å²) in [5.41, 5.74) is 13.3. The summed E-state index contributed by atoms with van der Waals surface area (Å²) in [4.78, 5) is 3.47. The van der Waals surface area contributed by atoms with E-state index in [0.717, 1.165) is 67.7 Å². The van der Waals surface area contributed by atoms with Crippen LogP contribution in [0.4, 0.5) is 24.5 Å². The zero-order chi connectivity index (χ0) is 31.1. The summed E-state index contributed by atoms with van der Waals surface area (Å²) in [6, 6.07) is 12.6. The molecule has 0 aromatic heterocycles. The Bertz CT molecular complexity index is 1210. The average molecular weight is 695 g/mol. The average Bonchev–Trinajstić information content (AvgIpc) is 2.96. The number of piperidine rings is 1. The Morgan fingerprint density at radius 2 is 1.91 bits per heavy atom. The molecule has 0 bridgehead atoms. The number of benzene rings is 2. The Kier molecular flexibility index (Phi) is 18.6. The van der Waals surface area contributed by atoms with E-state index in [9.17, 15) is 18.3 Å². The molecule has 235 valence electrons. The molecule has 2 aromatic rings. The Morgan fingerprint density at radius 3 is 2.49 bits per heavy atom. The summed E-state index contributed by atoms with van der Waals surface area (Å²) < 4.78 is 37.8. The summed E-state index contributed by atoms with van der Waals surface area (Å²) in [6.45, 7) is 10.3. The van der Waals surface area contributed by atoms with Gasteiger partial charge in [-0.2, -0.15) is 13.2 Å². The molecule has 0 saturated carbocycles. The van der Waals surface area contributed by atoms with Crippen LogP contribution in [0.5, 0.6) is 5.75 Å². The number of nitrogens with zero attached hydrogens (tertiary/aromatic N) is 2. The number of nitrogens with one attached hydrogen (secondary N) is 2. The third-order valence-corrected chi connectivity index (χ3v) is 7.32. The minimum Gasteiger partial charge on any atom is -0.568 e. The number of thioether (sulfide) groups is 1. The zero-order valence-corrected chi connectivity index (χ0v) is 29.7. The molecule has 1 fully saturated rings. The van der Waals surface area contributed by atoms with Crippen molar-refractivity contribution in [3.05, 3.63) is 58.5 Å². The van der Waals surface area contributed by atoms with Crippen LogP contribution in [0, 0.1) is 18.8 Å². The predicted octanol–water partition coefficient (Wildman–Crippen LogP) is 7.75. The molecule has 6 nitrogen and oxygen atoms in total. The van der Waals surface area contributed by atoms with Crippen molar-refractivity contribution in [2.75, 3.05) is 50.3 Å². The molecule has 0 spiro atoms. The van der Waals surface area contributed by atoms with Gasteiger partial charge >= 0.3 is 6.18 Å². The number of alkyl halides is 3. The molecule has 1 saturated heterocycles. The number of aliphatic hydroxyl groups excluding tert-OH is 1. The second kappa shape index (κ2) is 20.3. The van der Waals surface area contributed by atoms with E-state index in [0.29, 0.717) is 6.54 Å². The number of hydrogen-bond acceptors (Lipinski definition) is 6. The van der Waals surface area contributed by atoms with Crippen LogP contribution in [0.25, 0.3) is 11.5 Å². The second-order valence-corrected chi connectivity index (χ2v) is 11.1. The molecular weight excluding hydrogens is 650 g/mol. The number of likely N-dealkylation sites (tertiary alicyclic amines) is 1. The number of hydrogen-bond donors (Lipinski definition) is 3. The third kappa shape index (κ3) is 15.2. The molecule has 2 aromatic carbocycles. The van der Waals surface area contributed by atoms with Gasteiger partial charge in [-0.1, -0.05) is 43.7 Å². The van der Waals surface area contributed by atoms with Crippen LogP contribution >= 0.6 is 11.8 Å². The van der Waals surface area contributed by atoms with Gasteiger partial charge in [-0.25, -0.2) is 0 Å². The first-order chi connectivity index (χ1) is 19.9. The van der Waals surface area contributed by atoms with Gasteiger partial charge in [0, 0.05) is 61.8 Å². The van der Waals surface area contributed by atoms with Gasteiger partial charge in [-0.15, -0.1) is 17.8 Å². The maximum atomic E-state index is 10.8. The normalized spacial score (nSPS) is 14.8. The molecule has 0 aliphatic carbocycles. The molecule has 3 rings (SSSR count). The Hall–Kier alpha value is -1.74. The van der Waals surface area contributed by atoms with Gasteiger partial charge in [0.05, 0.1) is 25.4 Å². The fourth-order valence-electron chi connectivity index (χ4n) is 4.26. The molecule has 1 heterocycles. The van der Waals surface area contributed by atoms with Crippen molar-refractivity contribution in [2.45, 2.75) is 70.2 Å². The number of aliphatic hydroxyl groups is 1. The van der Waals surface area contributed by atoms with Crippen molar-refractivity contribution in [1.82, 2.24) is 4.90 Å². The van der Waals surface area contributed by atoms with Gasteiger partial charge < -0.3 is 30.9 Å². The van der Waals surface area contributed by atoms with E-state index in [1.54, 1.807) is 18.9 Å². The second-order valence-electron chi connectivity index (χ2n) is 10.2. The van der Waals surface area contributed by atoms with E-state index in [4.69, 9.17) is 10.2 Å². The first kappa shape index (κ1) is 39.3. The summed E-state index contributed by atoms with van der Waals surface area (Å²) in [5, 5.41) is 13.0. The number of ether oxygens (including phenoxy) is 1. The number of rotatable bonds is 10. The molecule has 43 heavy (non-hydrogen) atoms. The standard InChI is InChI=1S/C29H39N4O2S.C3H5F3.Y/c1-21(8-7-15-30-28-12-11-25(36-5)19-29(28)35-4)18-26-22(2)9-6-10-27(26)32-31-24-13-16-33(17-14-24)20-23(3)34;1-2-3(4,5)6;/h6,9-12,18-19,23-24,30,32,34H,13-17,20H2,1-5H3;2H2,1H3;/q-1;;/b21-18+;;. The molecule has 1 atom stereocenters. The summed E-state index contributed by atoms with van der Waals surface area (Å²) in [5.74, 6) is 7.30. The van der Waals surface area contributed by atoms with Crippen LogP contribution < -0.4 is 15.5 Å². The number of halogens is 3. The van der Waals surface area contributed by atoms with E-state index in [2.05, 4.69) is 71.0 Å². The van der Waals surface area contributed by atoms with Crippen LogP contribution in [-0.4, -0.2) is 67.9 Å². The maximum absolute atomic E-state index is 10.8. The monoisotopic (exact) mass is 694 g/mol. The van der Waals surface area contributed by atoms with Gasteiger partial charge in [0.2, 0.25) is 0 Å². The summed E-state index contributed by atoms with van der Waals surface area (Å²) in [6.07, 6.45) is 1.20. The van der Waals surface area contributed by atoms with Crippen molar-refractivity contribution >= 4 is 29.2 Å². The molecule has 11 heteroatoms. The van der Waals surface area contributed by atoms with Crippen LogP contribution in [0.1, 0.15) is 51.2 Å². The van der Waals surface area contributed by atoms with Gasteiger partial charge in [-0.05, 0) is 81.6 Å². The van der Waals surface area contributed by atoms with E-state index < -0.39 is 12.6 Å². The smallest absolute Gasteiger partial charge is 0.388 e. The number of anilines is 2. The maximum Gasteiger partial charge on any atom is 0.388 e. The van der Waals surface area contributed by atoms with Gasteiger partial charge in [0.1, 0.15) is 5.75 Å². The van der Waals surface area contributed by atoms with E-state index in [-0.39, 0.29) is 44.9 Å². The molecule has 1 aliphatic heterocycles. The molecule has 0 amide bonds. The Balaban J connectivity index is 0.00000120. The van der Waals surface area contributed by atoms with Gasteiger partial charge in [-0.3, -0.25) is 0 Å². The molecule has 1 aliphatic rings. The minimum atomic E-state index is -3.96. The fourth-order valence-corrected chi connectivity index (χ4v) is 4.68. The van der Waals surface area contributed by atoms with Crippen LogP contribution in [-0.2, 0) is 32.7 Å². The van der Waals surface area contributed by atoms with Crippen molar-refractivity contribution < 1.29 is 55.7 Å². The minimum absolute atomic E-state index is 0. The zero-order valence-electron chi connectivity index (χ0n) is 26.0. The van der Waals surface area contributed by atoms with E-state index >= 15 is 0 Å². The Morgan fingerprint density at radius 1 is 1.23 bits per heavy atom. The van der Waals surface area contributed by atoms with Gasteiger partial charge in [0.25, 0.3) is 0 Å². The molecule has 1 unspecified atom stereocenters. The van der Waals surface area contributed by atoms with E-state index in [1.165, 1.54) is 10.5 Å². The number of β-amino-alcohol motifs (C(OH)–C–C–N with tert-alkyl or cyclic N) is 1. The van der Waals surface area contributed by atoms with Crippen LogP contribution in [0.2, 0.25) is 0 Å². The first-order valence-electron chi connectivity index (χ1n) is 14.1. The van der Waals surface area contributed by atoms with E-state index in [1.807, 2.05) is 26.0 Å². The van der Waals surface area contributed by atoms with Gasteiger partial charge in [0.15, 0.2) is 0 Å². The molecular formula is C32H44F3N4O2SY-. The molecule has 1 radical (unpaired) electrons. The Labute approximate surface area is 284 Å². The largest absolute Gasteiger partial charge is 0.568 e. The van der Waals surface area contributed by atoms with Crippen LogP contribution in [0.15, 0.2) is 46.9 Å². The SMILES string of the molecule is CCC(F)(F)F.COc1cc(SC)ccc1NCC#C/C(C)=C/c1c(C)cccc1N[N-]C1CCN(CC(C)O)CC1.[Y].